The molecule has 4 heteroatoms. The Morgan fingerprint density at radius 3 is 2.50 bits per heavy atom. The highest BCUT2D eigenvalue weighted by Gasteiger charge is 2.37. The Hall–Kier alpha value is -1.71. The lowest BCUT2D eigenvalue weighted by molar-refractivity contribution is 0.100. The topological polar surface area (TPSA) is 72.3 Å². The number of fused-ring (bicyclic) bond motifs is 1. The molecule has 2 aliphatic rings. The van der Waals surface area contributed by atoms with Crippen molar-refractivity contribution in [2.75, 3.05) is 23.7 Å². The van der Waals surface area contributed by atoms with Gasteiger partial charge < -0.3 is 16.4 Å². The molecule has 1 heterocycles. The van der Waals surface area contributed by atoms with E-state index in [-0.39, 0.29) is 0 Å². The summed E-state index contributed by atoms with van der Waals surface area (Å²) in [6, 6.07) is 5.40. The SMILES string of the molecule is NC(=O)c1cccc(N)c1N1CC2CCCC2C1. The van der Waals surface area contributed by atoms with Gasteiger partial charge in [-0.05, 0) is 36.8 Å². The molecule has 3 rings (SSSR count). The van der Waals surface area contributed by atoms with E-state index < -0.39 is 5.91 Å². The summed E-state index contributed by atoms with van der Waals surface area (Å²) in [5.41, 5.74) is 13.5. The quantitative estimate of drug-likeness (QED) is 0.777. The third-order valence-corrected chi connectivity index (χ3v) is 4.38. The third-order valence-electron chi connectivity index (χ3n) is 4.38. The summed E-state index contributed by atoms with van der Waals surface area (Å²) in [6.45, 7) is 2.03. The van der Waals surface area contributed by atoms with E-state index in [1.807, 2.05) is 6.07 Å². The molecule has 1 saturated carbocycles. The number of nitrogen functional groups attached to an aromatic ring is 1. The first-order valence-electron chi connectivity index (χ1n) is 6.60. The smallest absolute Gasteiger partial charge is 0.250 e. The van der Waals surface area contributed by atoms with Crippen LogP contribution in [0.4, 0.5) is 11.4 Å². The van der Waals surface area contributed by atoms with Crippen LogP contribution in [-0.4, -0.2) is 19.0 Å². The van der Waals surface area contributed by atoms with Crippen LogP contribution in [-0.2, 0) is 0 Å². The molecule has 0 radical (unpaired) electrons. The van der Waals surface area contributed by atoms with Gasteiger partial charge in [-0.1, -0.05) is 12.5 Å². The maximum absolute atomic E-state index is 11.5. The van der Waals surface area contributed by atoms with Crippen molar-refractivity contribution in [1.29, 1.82) is 0 Å². The second-order valence-electron chi connectivity index (χ2n) is 5.46. The number of nitrogens with two attached hydrogens (primary N) is 2. The monoisotopic (exact) mass is 245 g/mol. The average molecular weight is 245 g/mol. The van der Waals surface area contributed by atoms with Gasteiger partial charge in [0.1, 0.15) is 0 Å². The van der Waals surface area contributed by atoms with Gasteiger partial charge >= 0.3 is 0 Å². The molecule has 1 amide bonds. The molecule has 1 aliphatic carbocycles. The second kappa shape index (κ2) is 4.19. The first-order chi connectivity index (χ1) is 8.66. The highest BCUT2D eigenvalue weighted by Crippen LogP contribution is 2.41. The Bertz CT molecular complexity index is 474. The molecule has 4 N–H and O–H groups in total. The molecule has 4 nitrogen and oxygen atoms in total. The summed E-state index contributed by atoms with van der Waals surface area (Å²) >= 11 is 0. The molecule has 1 saturated heterocycles. The second-order valence-corrected chi connectivity index (χ2v) is 5.46. The minimum atomic E-state index is -0.394. The first kappa shape index (κ1) is 11.4. The Morgan fingerprint density at radius 1 is 1.22 bits per heavy atom. The number of carbonyl (C=O) groups excluding carboxylic acids is 1. The number of rotatable bonds is 2. The molecule has 1 aliphatic heterocycles. The fraction of sp³-hybridized carbons (Fsp3) is 0.500. The van der Waals surface area contributed by atoms with E-state index in [0.29, 0.717) is 11.3 Å². The van der Waals surface area contributed by atoms with Crippen molar-refractivity contribution in [3.05, 3.63) is 23.8 Å². The molecule has 2 unspecified atom stereocenters. The van der Waals surface area contributed by atoms with Crippen LogP contribution in [0.3, 0.4) is 0 Å². The first-order valence-corrected chi connectivity index (χ1v) is 6.60. The Morgan fingerprint density at radius 2 is 1.89 bits per heavy atom. The van der Waals surface area contributed by atoms with Crippen molar-refractivity contribution >= 4 is 17.3 Å². The molecule has 0 bridgehead atoms. The van der Waals surface area contributed by atoms with Crippen molar-refractivity contribution in [2.45, 2.75) is 19.3 Å². The highest BCUT2D eigenvalue weighted by molar-refractivity contribution is 6.01. The lowest BCUT2D eigenvalue weighted by atomic mass is 10.0. The number of hydrogen-bond acceptors (Lipinski definition) is 3. The van der Waals surface area contributed by atoms with Gasteiger partial charge in [0, 0.05) is 13.1 Å². The summed E-state index contributed by atoms with van der Waals surface area (Å²) < 4.78 is 0. The maximum atomic E-state index is 11.5. The van der Waals surface area contributed by atoms with Gasteiger partial charge in [-0.2, -0.15) is 0 Å². The molecule has 2 atom stereocenters. The minimum Gasteiger partial charge on any atom is -0.397 e. The number of carbonyl (C=O) groups is 1. The van der Waals surface area contributed by atoms with E-state index in [1.165, 1.54) is 19.3 Å². The van der Waals surface area contributed by atoms with Crippen LogP contribution in [0.1, 0.15) is 29.6 Å². The van der Waals surface area contributed by atoms with Crippen molar-refractivity contribution in [1.82, 2.24) is 0 Å². The van der Waals surface area contributed by atoms with Crippen LogP contribution in [0.2, 0.25) is 0 Å². The molecule has 2 fully saturated rings. The van der Waals surface area contributed by atoms with Gasteiger partial charge in [0.05, 0.1) is 16.9 Å². The van der Waals surface area contributed by atoms with Gasteiger partial charge in [-0.3, -0.25) is 4.79 Å². The van der Waals surface area contributed by atoms with Gasteiger partial charge in [-0.15, -0.1) is 0 Å². The van der Waals surface area contributed by atoms with Crippen LogP contribution >= 0.6 is 0 Å². The third kappa shape index (κ3) is 1.72. The number of benzene rings is 1. The fourth-order valence-corrected chi connectivity index (χ4v) is 3.53. The number of nitrogens with zero attached hydrogens (tertiary/aromatic N) is 1. The molecule has 0 aromatic heterocycles. The number of primary amides is 1. The van der Waals surface area contributed by atoms with E-state index in [4.69, 9.17) is 11.5 Å². The van der Waals surface area contributed by atoms with E-state index in [9.17, 15) is 4.79 Å². The van der Waals surface area contributed by atoms with Crippen LogP contribution in [0.25, 0.3) is 0 Å². The largest absolute Gasteiger partial charge is 0.397 e. The minimum absolute atomic E-state index is 0.394. The molecule has 96 valence electrons. The number of amides is 1. The van der Waals surface area contributed by atoms with E-state index in [2.05, 4.69) is 4.90 Å². The lowest BCUT2D eigenvalue weighted by Crippen LogP contribution is -2.26. The van der Waals surface area contributed by atoms with E-state index >= 15 is 0 Å². The Balaban J connectivity index is 1.95. The molecular weight excluding hydrogens is 226 g/mol. The van der Waals surface area contributed by atoms with Gasteiger partial charge in [0.15, 0.2) is 0 Å². The zero-order valence-corrected chi connectivity index (χ0v) is 10.4. The number of hydrogen-bond donors (Lipinski definition) is 2. The summed E-state index contributed by atoms with van der Waals surface area (Å²) in [5.74, 6) is 1.14. The van der Waals surface area contributed by atoms with Gasteiger partial charge in [0.2, 0.25) is 0 Å². The summed E-state index contributed by atoms with van der Waals surface area (Å²) in [6.07, 6.45) is 3.95. The van der Waals surface area contributed by atoms with Crippen molar-refractivity contribution in [2.24, 2.45) is 17.6 Å². The average Bonchev–Trinajstić information content (AvgIpc) is 2.88. The van der Waals surface area contributed by atoms with Crippen LogP contribution < -0.4 is 16.4 Å². The van der Waals surface area contributed by atoms with Crippen LogP contribution in [0, 0.1) is 11.8 Å². The maximum Gasteiger partial charge on any atom is 0.250 e. The predicted octanol–water partition coefficient (Wildman–Crippen LogP) is 1.60. The zero-order valence-electron chi connectivity index (χ0n) is 10.4. The van der Waals surface area contributed by atoms with Crippen LogP contribution in [0.15, 0.2) is 18.2 Å². The van der Waals surface area contributed by atoms with Crippen molar-refractivity contribution in [3.63, 3.8) is 0 Å². The zero-order chi connectivity index (χ0) is 12.7. The number of para-hydroxylation sites is 1. The Labute approximate surface area is 107 Å². The lowest BCUT2D eigenvalue weighted by Gasteiger charge is -2.23. The molecular formula is C14H19N3O. The molecule has 1 aromatic carbocycles. The normalized spacial score (nSPS) is 26.3. The summed E-state index contributed by atoms with van der Waals surface area (Å²) in [5, 5.41) is 0. The fourth-order valence-electron chi connectivity index (χ4n) is 3.53. The predicted molar refractivity (Wildman–Crippen MR) is 72.4 cm³/mol. The summed E-state index contributed by atoms with van der Waals surface area (Å²) in [4.78, 5) is 13.8. The molecule has 18 heavy (non-hydrogen) atoms. The number of anilines is 2. The Kier molecular flexibility index (Phi) is 2.65. The van der Waals surface area contributed by atoms with Crippen molar-refractivity contribution in [3.8, 4) is 0 Å². The van der Waals surface area contributed by atoms with Crippen molar-refractivity contribution < 1.29 is 4.79 Å². The van der Waals surface area contributed by atoms with E-state index in [1.54, 1.807) is 12.1 Å². The standard InChI is InChI=1S/C14H19N3O/c15-12-6-2-5-11(14(16)18)13(12)17-7-9-3-1-4-10(9)8-17/h2,5-6,9-10H,1,3-4,7-8,15H2,(H2,16,18). The van der Waals surface area contributed by atoms with Crippen LogP contribution in [0.5, 0.6) is 0 Å². The summed E-state index contributed by atoms with van der Waals surface area (Å²) in [7, 11) is 0. The molecule has 1 aromatic rings. The molecule has 0 spiro atoms. The van der Waals surface area contributed by atoms with Gasteiger partial charge in [-0.25, -0.2) is 0 Å². The van der Waals surface area contributed by atoms with E-state index in [0.717, 1.165) is 30.6 Å². The van der Waals surface area contributed by atoms with Gasteiger partial charge in [0.25, 0.3) is 5.91 Å². The highest BCUT2D eigenvalue weighted by atomic mass is 16.1.